The molecule has 1 nitrogen and oxygen atoms in total. The van der Waals surface area contributed by atoms with Crippen LogP contribution in [0.15, 0.2) is 36.4 Å². The minimum Gasteiger partial charge on any atom is -0.435 e. The first-order valence-corrected chi connectivity index (χ1v) is 11.9. The molecular formula is C27H36F2O. The molecule has 0 spiro atoms. The van der Waals surface area contributed by atoms with Gasteiger partial charge in [0.1, 0.15) is 5.75 Å². The third-order valence-electron chi connectivity index (χ3n) is 7.17. The highest BCUT2D eigenvalue weighted by atomic mass is 19.3. The van der Waals surface area contributed by atoms with Gasteiger partial charge in [-0.2, -0.15) is 8.78 Å². The van der Waals surface area contributed by atoms with Crippen LogP contribution in [0.25, 0.3) is 0 Å². The fraction of sp³-hybridized carbons (Fsp3) is 0.630. The van der Waals surface area contributed by atoms with Gasteiger partial charge in [-0.05, 0) is 79.7 Å². The summed E-state index contributed by atoms with van der Waals surface area (Å²) >= 11 is 0. The van der Waals surface area contributed by atoms with E-state index >= 15 is 0 Å². The van der Waals surface area contributed by atoms with Gasteiger partial charge in [0.2, 0.25) is 0 Å². The Morgan fingerprint density at radius 2 is 1.47 bits per heavy atom. The molecule has 0 heterocycles. The monoisotopic (exact) mass is 414 g/mol. The first kappa shape index (κ1) is 22.9. The van der Waals surface area contributed by atoms with Crippen LogP contribution in [0.5, 0.6) is 5.75 Å². The van der Waals surface area contributed by atoms with Gasteiger partial charge in [0.15, 0.2) is 0 Å². The molecule has 0 bridgehead atoms. The molecule has 0 aromatic heterocycles. The summed E-state index contributed by atoms with van der Waals surface area (Å²) in [5.74, 6) is 9.88. The second-order valence-electron chi connectivity index (χ2n) is 9.18. The van der Waals surface area contributed by atoms with Crippen molar-refractivity contribution in [3.63, 3.8) is 0 Å². The summed E-state index contributed by atoms with van der Waals surface area (Å²) in [4.78, 5) is 0. The molecular weight excluding hydrogens is 378 g/mol. The average Bonchev–Trinajstić information content (AvgIpc) is 2.77. The summed E-state index contributed by atoms with van der Waals surface area (Å²) in [6.45, 7) is -0.449. The zero-order chi connectivity index (χ0) is 21.2. The number of allylic oxidation sites excluding steroid dienone is 2. The highest BCUT2D eigenvalue weighted by molar-refractivity contribution is 5.40. The molecule has 0 unspecified atom stereocenters. The number of ether oxygens (including phenoxy) is 1. The molecule has 0 atom stereocenters. The van der Waals surface area contributed by atoms with E-state index in [4.69, 9.17) is 0 Å². The molecule has 0 amide bonds. The van der Waals surface area contributed by atoms with Crippen molar-refractivity contribution in [3.05, 3.63) is 42.0 Å². The summed E-state index contributed by atoms with van der Waals surface area (Å²) in [5.41, 5.74) is 0.804. The van der Waals surface area contributed by atoms with E-state index in [0.717, 1.165) is 23.3 Å². The standard InChI is InChI=1S/C27H36F2O/c1-2-21-7-9-24(10-8-21)15-16-25-13-11-22(12-14-25)5-3-4-6-23-17-19-26(20-18-23)30-27(28)29/h3,5,17-22,24-25,27H,2,7-16H2,1H3/b5-3+. The van der Waals surface area contributed by atoms with Crippen molar-refractivity contribution < 1.29 is 13.5 Å². The maximum atomic E-state index is 12.2. The van der Waals surface area contributed by atoms with Crippen LogP contribution in [-0.4, -0.2) is 6.61 Å². The minimum atomic E-state index is -2.79. The van der Waals surface area contributed by atoms with Gasteiger partial charge >= 0.3 is 6.61 Å². The minimum absolute atomic E-state index is 0.163. The van der Waals surface area contributed by atoms with Crippen LogP contribution in [0.3, 0.4) is 0 Å². The van der Waals surface area contributed by atoms with E-state index in [1.807, 2.05) is 6.08 Å². The largest absolute Gasteiger partial charge is 0.435 e. The SMILES string of the molecule is CCC1CCC(CCC2CCC(/C=C/C#Cc3ccc(OC(F)F)cc3)CC2)CC1. The van der Waals surface area contributed by atoms with E-state index in [-0.39, 0.29) is 5.75 Å². The van der Waals surface area contributed by atoms with Crippen molar-refractivity contribution in [2.75, 3.05) is 0 Å². The van der Waals surface area contributed by atoms with Crippen LogP contribution in [0.1, 0.15) is 83.1 Å². The number of hydrogen-bond donors (Lipinski definition) is 0. The Kier molecular flexibility index (Phi) is 9.25. The predicted octanol–water partition coefficient (Wildman–Crippen LogP) is 8.00. The highest BCUT2D eigenvalue weighted by Crippen LogP contribution is 2.37. The lowest BCUT2D eigenvalue weighted by Crippen LogP contribution is -2.17. The van der Waals surface area contributed by atoms with Gasteiger partial charge in [-0.3, -0.25) is 0 Å². The molecule has 2 saturated carbocycles. The van der Waals surface area contributed by atoms with Gasteiger partial charge in [0.05, 0.1) is 0 Å². The van der Waals surface area contributed by atoms with Crippen LogP contribution in [0.4, 0.5) is 8.78 Å². The van der Waals surface area contributed by atoms with Crippen LogP contribution in [0, 0.1) is 35.5 Å². The molecule has 2 fully saturated rings. The van der Waals surface area contributed by atoms with E-state index in [1.54, 1.807) is 12.1 Å². The number of rotatable bonds is 7. The number of hydrogen-bond acceptors (Lipinski definition) is 1. The Bertz CT molecular complexity index is 697. The third kappa shape index (κ3) is 7.78. The lowest BCUT2D eigenvalue weighted by molar-refractivity contribution is -0.0498. The first-order valence-electron chi connectivity index (χ1n) is 11.9. The molecule has 30 heavy (non-hydrogen) atoms. The van der Waals surface area contributed by atoms with Gasteiger partial charge in [0, 0.05) is 5.56 Å². The molecule has 0 saturated heterocycles. The Balaban J connectivity index is 1.33. The quantitative estimate of drug-likeness (QED) is 0.411. The summed E-state index contributed by atoms with van der Waals surface area (Å²) in [7, 11) is 0. The zero-order valence-electron chi connectivity index (χ0n) is 18.3. The molecule has 0 N–H and O–H groups in total. The lowest BCUT2D eigenvalue weighted by Gasteiger charge is -2.31. The number of alkyl halides is 2. The van der Waals surface area contributed by atoms with Crippen LogP contribution in [-0.2, 0) is 0 Å². The Morgan fingerprint density at radius 3 is 2.03 bits per heavy atom. The van der Waals surface area contributed by atoms with E-state index < -0.39 is 6.61 Å². The molecule has 1 aromatic rings. The fourth-order valence-corrected chi connectivity index (χ4v) is 5.10. The molecule has 1 aromatic carbocycles. The molecule has 164 valence electrons. The van der Waals surface area contributed by atoms with Crippen molar-refractivity contribution >= 4 is 0 Å². The van der Waals surface area contributed by atoms with Crippen molar-refractivity contribution in [2.24, 2.45) is 23.7 Å². The number of halogens is 2. The Hall–Kier alpha value is -1.82. The highest BCUT2D eigenvalue weighted by Gasteiger charge is 2.23. The van der Waals surface area contributed by atoms with E-state index in [1.165, 1.54) is 82.8 Å². The van der Waals surface area contributed by atoms with Crippen molar-refractivity contribution in [2.45, 2.75) is 84.2 Å². The number of benzene rings is 1. The molecule has 2 aliphatic carbocycles. The normalized spacial score (nSPS) is 27.1. The second-order valence-corrected chi connectivity index (χ2v) is 9.18. The summed E-state index contributed by atoms with van der Waals surface area (Å²) in [5, 5.41) is 0. The molecule has 0 radical (unpaired) electrons. The van der Waals surface area contributed by atoms with Crippen molar-refractivity contribution in [1.29, 1.82) is 0 Å². The van der Waals surface area contributed by atoms with Crippen LogP contribution < -0.4 is 4.74 Å². The maximum Gasteiger partial charge on any atom is 0.387 e. The molecule has 3 rings (SSSR count). The third-order valence-corrected chi connectivity index (χ3v) is 7.17. The Morgan fingerprint density at radius 1 is 0.900 bits per heavy atom. The average molecular weight is 415 g/mol. The Labute approximate surface area is 181 Å². The van der Waals surface area contributed by atoms with E-state index in [9.17, 15) is 8.78 Å². The molecule has 3 heteroatoms. The van der Waals surface area contributed by atoms with Crippen molar-refractivity contribution in [1.82, 2.24) is 0 Å². The smallest absolute Gasteiger partial charge is 0.387 e. The predicted molar refractivity (Wildman–Crippen MR) is 120 cm³/mol. The second kappa shape index (κ2) is 12.1. The molecule has 0 aliphatic heterocycles. The van der Waals surface area contributed by atoms with Crippen LogP contribution in [0.2, 0.25) is 0 Å². The summed E-state index contributed by atoms with van der Waals surface area (Å²) in [6, 6.07) is 6.46. The molecule has 2 aliphatic rings. The lowest BCUT2D eigenvalue weighted by atomic mass is 9.75. The van der Waals surface area contributed by atoms with Gasteiger partial charge in [-0.15, -0.1) is 0 Å². The van der Waals surface area contributed by atoms with E-state index in [0.29, 0.717) is 5.92 Å². The summed E-state index contributed by atoms with van der Waals surface area (Å²) < 4.78 is 28.7. The maximum absolute atomic E-state index is 12.2. The topological polar surface area (TPSA) is 9.23 Å². The fourth-order valence-electron chi connectivity index (χ4n) is 5.10. The summed E-state index contributed by atoms with van der Waals surface area (Å²) in [6.07, 6.45) is 19.6. The first-order chi connectivity index (χ1) is 14.6. The van der Waals surface area contributed by atoms with Crippen LogP contribution >= 0.6 is 0 Å². The van der Waals surface area contributed by atoms with Gasteiger partial charge in [0.25, 0.3) is 0 Å². The van der Waals surface area contributed by atoms with Gasteiger partial charge in [-0.1, -0.05) is 69.8 Å². The van der Waals surface area contributed by atoms with Gasteiger partial charge in [-0.25, -0.2) is 0 Å². The van der Waals surface area contributed by atoms with E-state index in [2.05, 4.69) is 29.6 Å². The van der Waals surface area contributed by atoms with Crippen molar-refractivity contribution in [3.8, 4) is 17.6 Å². The zero-order valence-corrected chi connectivity index (χ0v) is 18.3. The van der Waals surface area contributed by atoms with Gasteiger partial charge < -0.3 is 4.74 Å².